The van der Waals surface area contributed by atoms with Crippen molar-refractivity contribution < 1.29 is 23.9 Å². The minimum Gasteiger partial charge on any atom is -0.465 e. The molecular formula is C18H20N2O5S. The molecule has 2 aliphatic rings. The first kappa shape index (κ1) is 18.6. The highest BCUT2D eigenvalue weighted by molar-refractivity contribution is 8.15. The number of hydrogen-bond acceptors (Lipinski definition) is 7. The molecule has 0 bridgehead atoms. The van der Waals surface area contributed by atoms with E-state index in [2.05, 4.69) is 10.1 Å². The lowest BCUT2D eigenvalue weighted by atomic mass is 10.0. The normalized spacial score (nSPS) is 23.7. The Kier molecular flexibility index (Phi) is 5.73. The van der Waals surface area contributed by atoms with Gasteiger partial charge in [0, 0.05) is 12.1 Å². The Balaban J connectivity index is 1.75. The molecule has 0 aromatic heterocycles. The monoisotopic (exact) mass is 376 g/mol. The Morgan fingerprint density at radius 1 is 1.23 bits per heavy atom. The summed E-state index contributed by atoms with van der Waals surface area (Å²) in [7, 11) is 1.28. The number of piperidine rings is 1. The fourth-order valence-corrected chi connectivity index (χ4v) is 4.18. The molecule has 2 unspecified atom stereocenters. The summed E-state index contributed by atoms with van der Waals surface area (Å²) in [4.78, 5) is 50.2. The van der Waals surface area contributed by atoms with E-state index in [1.807, 2.05) is 0 Å². The molecule has 2 aliphatic heterocycles. The number of carbonyl (C=O) groups is 4. The number of esters is 1. The van der Waals surface area contributed by atoms with E-state index < -0.39 is 12.0 Å². The van der Waals surface area contributed by atoms with Crippen molar-refractivity contribution in [2.24, 2.45) is 0 Å². The van der Waals surface area contributed by atoms with Crippen LogP contribution in [0.2, 0.25) is 0 Å². The van der Waals surface area contributed by atoms with Gasteiger partial charge in [-0.25, -0.2) is 4.79 Å². The van der Waals surface area contributed by atoms with Crippen molar-refractivity contribution in [2.45, 2.75) is 31.5 Å². The van der Waals surface area contributed by atoms with E-state index in [0.717, 1.165) is 24.6 Å². The standard InChI is InChI=1S/C18H20N2O5S/c1-25-17(23)12-6-4-5-11(9-12)16(22)19-14-7-2-3-8-20(14)15-13(21)10-26-18(15)24/h4-6,9,14-15H,2-3,7-8,10H2,1H3,(H,19,22). The van der Waals surface area contributed by atoms with Crippen molar-refractivity contribution in [3.05, 3.63) is 35.4 Å². The second-order valence-corrected chi connectivity index (χ2v) is 7.25. The maximum absolute atomic E-state index is 12.6. The Morgan fingerprint density at radius 3 is 2.69 bits per heavy atom. The van der Waals surface area contributed by atoms with Crippen LogP contribution in [-0.4, -0.2) is 59.3 Å². The topological polar surface area (TPSA) is 92.8 Å². The molecular weight excluding hydrogens is 356 g/mol. The van der Waals surface area contributed by atoms with Gasteiger partial charge in [-0.1, -0.05) is 17.8 Å². The maximum atomic E-state index is 12.6. The number of carbonyl (C=O) groups excluding carboxylic acids is 4. The van der Waals surface area contributed by atoms with Crippen LogP contribution in [0.4, 0.5) is 0 Å². The summed E-state index contributed by atoms with van der Waals surface area (Å²) in [6.07, 6.45) is 2.08. The van der Waals surface area contributed by atoms with Gasteiger partial charge in [0.25, 0.3) is 5.91 Å². The molecule has 2 fully saturated rings. The molecule has 26 heavy (non-hydrogen) atoms. The van der Waals surface area contributed by atoms with Crippen LogP contribution in [0, 0.1) is 0 Å². The van der Waals surface area contributed by atoms with Gasteiger partial charge in [-0.05, 0) is 37.5 Å². The lowest BCUT2D eigenvalue weighted by Gasteiger charge is -2.38. The zero-order valence-electron chi connectivity index (χ0n) is 14.4. The van der Waals surface area contributed by atoms with Gasteiger partial charge in [0.15, 0.2) is 5.78 Å². The highest BCUT2D eigenvalue weighted by Crippen LogP contribution is 2.27. The van der Waals surface area contributed by atoms with Gasteiger partial charge in [0.05, 0.1) is 24.6 Å². The number of ketones is 1. The first-order valence-electron chi connectivity index (χ1n) is 8.45. The summed E-state index contributed by atoms with van der Waals surface area (Å²) in [5.74, 6) is -0.771. The largest absolute Gasteiger partial charge is 0.465 e. The molecule has 0 aliphatic carbocycles. The first-order valence-corrected chi connectivity index (χ1v) is 9.44. The molecule has 0 radical (unpaired) electrons. The lowest BCUT2D eigenvalue weighted by Crippen LogP contribution is -2.57. The smallest absolute Gasteiger partial charge is 0.337 e. The van der Waals surface area contributed by atoms with Crippen LogP contribution in [0.3, 0.4) is 0 Å². The van der Waals surface area contributed by atoms with Crippen LogP contribution in [0.1, 0.15) is 40.0 Å². The van der Waals surface area contributed by atoms with Gasteiger partial charge in [-0.2, -0.15) is 0 Å². The van der Waals surface area contributed by atoms with Crippen LogP contribution in [0.15, 0.2) is 24.3 Å². The van der Waals surface area contributed by atoms with E-state index in [-0.39, 0.29) is 34.3 Å². The van der Waals surface area contributed by atoms with Gasteiger partial charge in [0.1, 0.15) is 6.04 Å². The van der Waals surface area contributed by atoms with Crippen molar-refractivity contribution >= 4 is 34.5 Å². The summed E-state index contributed by atoms with van der Waals surface area (Å²) >= 11 is 1.04. The number of nitrogens with one attached hydrogen (secondary N) is 1. The number of thioether (sulfide) groups is 1. The third-order valence-electron chi connectivity index (χ3n) is 4.60. The molecule has 1 aromatic rings. The van der Waals surface area contributed by atoms with Gasteiger partial charge in [-0.3, -0.25) is 19.3 Å². The summed E-state index contributed by atoms with van der Waals surface area (Å²) in [6, 6.07) is 5.49. The Labute approximate surface area is 155 Å². The van der Waals surface area contributed by atoms with Crippen molar-refractivity contribution in [2.75, 3.05) is 19.4 Å². The molecule has 1 N–H and O–H groups in total. The summed E-state index contributed by atoms with van der Waals surface area (Å²) in [5, 5.41) is 2.76. The van der Waals surface area contributed by atoms with E-state index in [0.29, 0.717) is 18.5 Å². The number of ether oxygens (including phenoxy) is 1. The molecule has 138 valence electrons. The van der Waals surface area contributed by atoms with Crippen molar-refractivity contribution in [1.82, 2.24) is 10.2 Å². The highest BCUT2D eigenvalue weighted by Gasteiger charge is 2.42. The fraction of sp³-hybridized carbons (Fsp3) is 0.444. The molecule has 1 amide bonds. The molecule has 7 nitrogen and oxygen atoms in total. The minimum absolute atomic E-state index is 0.103. The number of nitrogens with zero attached hydrogens (tertiary/aromatic N) is 1. The SMILES string of the molecule is COC(=O)c1cccc(C(=O)NC2CCCCN2C2C(=O)CSC2=O)c1. The van der Waals surface area contributed by atoms with E-state index in [4.69, 9.17) is 0 Å². The molecule has 2 saturated heterocycles. The highest BCUT2D eigenvalue weighted by atomic mass is 32.2. The van der Waals surface area contributed by atoms with Crippen molar-refractivity contribution in [1.29, 1.82) is 0 Å². The van der Waals surface area contributed by atoms with E-state index in [1.54, 1.807) is 23.1 Å². The zero-order valence-corrected chi connectivity index (χ0v) is 15.2. The van der Waals surface area contributed by atoms with Crippen LogP contribution in [0.25, 0.3) is 0 Å². The molecule has 2 heterocycles. The van der Waals surface area contributed by atoms with Crippen molar-refractivity contribution in [3.63, 3.8) is 0 Å². The quantitative estimate of drug-likeness (QED) is 0.624. The second-order valence-electron chi connectivity index (χ2n) is 6.27. The van der Waals surface area contributed by atoms with E-state index >= 15 is 0 Å². The number of methoxy groups -OCH3 is 1. The van der Waals surface area contributed by atoms with Crippen LogP contribution in [-0.2, 0) is 14.3 Å². The summed E-state index contributed by atoms with van der Waals surface area (Å²) in [6.45, 7) is 0.593. The van der Waals surface area contributed by atoms with E-state index in [9.17, 15) is 19.2 Å². The maximum Gasteiger partial charge on any atom is 0.337 e. The Morgan fingerprint density at radius 2 is 2.00 bits per heavy atom. The van der Waals surface area contributed by atoms with Crippen LogP contribution >= 0.6 is 11.8 Å². The third-order valence-corrected chi connectivity index (χ3v) is 5.54. The number of rotatable bonds is 4. The lowest BCUT2D eigenvalue weighted by molar-refractivity contribution is -0.129. The predicted octanol–water partition coefficient (Wildman–Crippen LogP) is 1.23. The molecule has 2 atom stereocenters. The molecule has 0 saturated carbocycles. The Bertz CT molecular complexity index is 735. The van der Waals surface area contributed by atoms with Crippen LogP contribution < -0.4 is 5.32 Å². The second kappa shape index (κ2) is 8.01. The molecule has 8 heteroatoms. The van der Waals surface area contributed by atoms with Gasteiger partial charge in [0.2, 0.25) is 5.12 Å². The number of benzene rings is 1. The van der Waals surface area contributed by atoms with Gasteiger partial charge in [-0.15, -0.1) is 0 Å². The number of likely N-dealkylation sites (tertiary alicyclic amines) is 1. The average Bonchev–Trinajstić information content (AvgIpc) is 3.00. The molecule has 0 spiro atoms. The predicted molar refractivity (Wildman–Crippen MR) is 95.9 cm³/mol. The van der Waals surface area contributed by atoms with Gasteiger partial charge < -0.3 is 10.1 Å². The third kappa shape index (κ3) is 3.81. The van der Waals surface area contributed by atoms with E-state index in [1.165, 1.54) is 13.2 Å². The van der Waals surface area contributed by atoms with Crippen molar-refractivity contribution in [3.8, 4) is 0 Å². The minimum atomic E-state index is -0.771. The summed E-state index contributed by atoms with van der Waals surface area (Å²) < 4.78 is 4.67. The zero-order chi connectivity index (χ0) is 18.7. The van der Waals surface area contributed by atoms with Gasteiger partial charge >= 0.3 is 5.97 Å². The number of amides is 1. The number of hydrogen-bond donors (Lipinski definition) is 1. The Hall–Kier alpha value is -2.19. The molecule has 3 rings (SSSR count). The fourth-order valence-electron chi connectivity index (χ4n) is 3.31. The first-order chi connectivity index (χ1) is 12.5. The van der Waals surface area contributed by atoms with Crippen LogP contribution in [0.5, 0.6) is 0 Å². The number of Topliss-reactive ketones (excluding diaryl/α,β-unsaturated/α-hetero) is 1. The summed E-state index contributed by atoms with van der Waals surface area (Å²) in [5.41, 5.74) is 0.620. The molecule has 1 aromatic carbocycles. The average molecular weight is 376 g/mol.